The van der Waals surface area contributed by atoms with Crippen molar-refractivity contribution < 1.29 is 4.79 Å². The first-order valence-electron chi connectivity index (χ1n) is 3.85. The van der Waals surface area contributed by atoms with Crippen molar-refractivity contribution >= 4 is 5.91 Å². The highest BCUT2D eigenvalue weighted by atomic mass is 16.2. The lowest BCUT2D eigenvalue weighted by atomic mass is 10.1. The molecule has 0 spiro atoms. The number of amides is 1. The Balaban J connectivity index is 2.59. The molecule has 63 valence electrons. The van der Waals surface area contributed by atoms with Gasteiger partial charge in [-0.25, -0.2) is 0 Å². The minimum atomic E-state index is 0.120. The highest BCUT2D eigenvalue weighted by molar-refractivity contribution is 5.78. The summed E-state index contributed by atoms with van der Waals surface area (Å²) < 4.78 is 0. The minimum absolute atomic E-state index is 0.120. The third kappa shape index (κ3) is 2.38. The van der Waals surface area contributed by atoms with Crippen LogP contribution in [0.2, 0.25) is 0 Å². The summed E-state index contributed by atoms with van der Waals surface area (Å²) in [6.45, 7) is 0. The number of carbonyl (C=O) groups excluding carboxylic acids is 1. The van der Waals surface area contributed by atoms with Crippen molar-refractivity contribution in [2.24, 2.45) is 0 Å². The summed E-state index contributed by atoms with van der Waals surface area (Å²) in [5, 5.41) is 0. The Morgan fingerprint density at radius 2 is 2.33 bits per heavy atom. The predicted octanol–water partition coefficient (Wildman–Crippen LogP) is 1.12. The predicted molar refractivity (Wildman–Crippen MR) is 47.7 cm³/mol. The fourth-order valence-corrected chi connectivity index (χ4v) is 0.873. The van der Waals surface area contributed by atoms with Crippen molar-refractivity contribution in [1.29, 1.82) is 0 Å². The van der Waals surface area contributed by atoms with Crippen LogP contribution < -0.4 is 0 Å². The summed E-state index contributed by atoms with van der Waals surface area (Å²) in [5.41, 5.74) is 1.01. The molecule has 1 aromatic rings. The zero-order valence-electron chi connectivity index (χ0n) is 7.37. The quantitative estimate of drug-likeness (QED) is 0.638. The van der Waals surface area contributed by atoms with E-state index in [-0.39, 0.29) is 5.91 Å². The van der Waals surface area contributed by atoms with Crippen LogP contribution in [0, 0.1) is 6.07 Å². The molecule has 0 aliphatic rings. The van der Waals surface area contributed by atoms with E-state index in [9.17, 15) is 4.79 Å². The van der Waals surface area contributed by atoms with Crippen LogP contribution in [-0.4, -0.2) is 24.9 Å². The van der Waals surface area contributed by atoms with Crippen molar-refractivity contribution in [1.82, 2.24) is 4.90 Å². The van der Waals surface area contributed by atoms with Gasteiger partial charge >= 0.3 is 0 Å². The maximum absolute atomic E-state index is 11.2. The second-order valence-corrected chi connectivity index (χ2v) is 2.88. The van der Waals surface area contributed by atoms with Gasteiger partial charge in [0.1, 0.15) is 0 Å². The van der Waals surface area contributed by atoms with Gasteiger partial charge in [-0.1, -0.05) is 24.3 Å². The lowest BCUT2D eigenvalue weighted by Gasteiger charge is -2.09. The lowest BCUT2D eigenvalue weighted by Crippen LogP contribution is -2.23. The molecule has 2 heteroatoms. The Hall–Kier alpha value is -1.31. The number of carbonyl (C=O) groups is 1. The molecule has 0 heterocycles. The first-order valence-corrected chi connectivity index (χ1v) is 3.85. The van der Waals surface area contributed by atoms with E-state index in [0.29, 0.717) is 6.42 Å². The molecule has 12 heavy (non-hydrogen) atoms. The molecule has 0 saturated heterocycles. The summed E-state index contributed by atoms with van der Waals surface area (Å²) in [7, 11) is 3.52. The largest absolute Gasteiger partial charge is 0.349 e. The maximum Gasteiger partial charge on any atom is 0.226 e. The molecule has 0 atom stereocenters. The Morgan fingerprint density at radius 3 is 2.83 bits per heavy atom. The van der Waals surface area contributed by atoms with Gasteiger partial charge in [0.2, 0.25) is 5.91 Å². The molecule has 0 aliphatic heterocycles. The van der Waals surface area contributed by atoms with Gasteiger partial charge in [0.15, 0.2) is 0 Å². The first-order chi connectivity index (χ1) is 5.70. The van der Waals surface area contributed by atoms with E-state index in [0.717, 1.165) is 5.56 Å². The van der Waals surface area contributed by atoms with Gasteiger partial charge in [-0.3, -0.25) is 4.79 Å². The van der Waals surface area contributed by atoms with Crippen LogP contribution in [0.1, 0.15) is 5.56 Å². The molecular weight excluding hydrogens is 150 g/mol. The van der Waals surface area contributed by atoms with E-state index >= 15 is 0 Å². The topological polar surface area (TPSA) is 20.3 Å². The molecule has 1 aromatic carbocycles. The molecule has 1 radical (unpaired) electrons. The van der Waals surface area contributed by atoms with Gasteiger partial charge in [0.25, 0.3) is 0 Å². The first kappa shape index (κ1) is 8.78. The van der Waals surface area contributed by atoms with Crippen molar-refractivity contribution in [2.45, 2.75) is 6.42 Å². The number of benzene rings is 1. The Labute approximate surface area is 72.8 Å². The Kier molecular flexibility index (Phi) is 2.86. The maximum atomic E-state index is 11.2. The molecule has 0 saturated carbocycles. The molecule has 2 nitrogen and oxygen atoms in total. The van der Waals surface area contributed by atoms with Gasteiger partial charge in [-0.2, -0.15) is 0 Å². The van der Waals surface area contributed by atoms with Crippen molar-refractivity contribution in [3.05, 3.63) is 35.9 Å². The van der Waals surface area contributed by atoms with E-state index in [2.05, 4.69) is 6.07 Å². The molecule has 0 N–H and O–H groups in total. The summed E-state index contributed by atoms with van der Waals surface area (Å²) in [4.78, 5) is 12.8. The monoisotopic (exact) mass is 162 g/mol. The normalized spacial score (nSPS) is 9.50. The van der Waals surface area contributed by atoms with E-state index in [1.807, 2.05) is 24.3 Å². The van der Waals surface area contributed by atoms with Crippen molar-refractivity contribution in [3.63, 3.8) is 0 Å². The highest BCUT2D eigenvalue weighted by Gasteiger charge is 2.03. The number of hydrogen-bond donors (Lipinski definition) is 0. The summed E-state index contributed by atoms with van der Waals surface area (Å²) in [5.74, 6) is 0.120. The third-order valence-corrected chi connectivity index (χ3v) is 1.63. The lowest BCUT2D eigenvalue weighted by molar-refractivity contribution is -0.127. The third-order valence-electron chi connectivity index (χ3n) is 1.63. The smallest absolute Gasteiger partial charge is 0.226 e. The molecule has 0 unspecified atom stereocenters. The molecule has 1 amide bonds. The van der Waals surface area contributed by atoms with E-state index in [1.54, 1.807) is 19.0 Å². The molecule has 0 aliphatic carbocycles. The van der Waals surface area contributed by atoms with E-state index < -0.39 is 0 Å². The van der Waals surface area contributed by atoms with Gasteiger partial charge in [-0.05, 0) is 11.6 Å². The average molecular weight is 162 g/mol. The Morgan fingerprint density at radius 1 is 1.58 bits per heavy atom. The molecular formula is C10H12NO. The molecule has 0 bridgehead atoms. The van der Waals surface area contributed by atoms with Crippen LogP contribution >= 0.6 is 0 Å². The number of nitrogens with zero attached hydrogens (tertiary/aromatic N) is 1. The standard InChI is InChI=1S/C10H12NO/c1-11(2)10(12)8-9-6-4-3-5-7-9/h3-4,6-7H,8H2,1-2H3. The SMILES string of the molecule is CN(C)C(=O)Cc1c[c]ccc1. The minimum Gasteiger partial charge on any atom is -0.349 e. The zero-order valence-corrected chi connectivity index (χ0v) is 7.37. The summed E-state index contributed by atoms with van der Waals surface area (Å²) in [6, 6.07) is 10.4. The van der Waals surface area contributed by atoms with Gasteiger partial charge in [0, 0.05) is 14.1 Å². The van der Waals surface area contributed by atoms with Crippen LogP contribution in [0.3, 0.4) is 0 Å². The second kappa shape index (κ2) is 3.90. The fraction of sp³-hybridized carbons (Fsp3) is 0.300. The summed E-state index contributed by atoms with van der Waals surface area (Å²) in [6.07, 6.45) is 0.463. The molecule has 0 aromatic heterocycles. The van der Waals surface area contributed by atoms with Crippen LogP contribution in [0.5, 0.6) is 0 Å². The number of hydrogen-bond acceptors (Lipinski definition) is 1. The number of likely N-dealkylation sites (N-methyl/N-ethyl adjacent to an activating group) is 1. The van der Waals surface area contributed by atoms with Gasteiger partial charge in [-0.15, -0.1) is 0 Å². The summed E-state index contributed by atoms with van der Waals surface area (Å²) >= 11 is 0. The second-order valence-electron chi connectivity index (χ2n) is 2.88. The van der Waals surface area contributed by atoms with Crippen LogP contribution in [0.4, 0.5) is 0 Å². The highest BCUT2D eigenvalue weighted by Crippen LogP contribution is 1.99. The van der Waals surface area contributed by atoms with Crippen molar-refractivity contribution in [2.75, 3.05) is 14.1 Å². The van der Waals surface area contributed by atoms with Crippen molar-refractivity contribution in [3.8, 4) is 0 Å². The molecule has 1 rings (SSSR count). The van der Waals surface area contributed by atoms with E-state index in [4.69, 9.17) is 0 Å². The number of rotatable bonds is 2. The molecule has 0 fully saturated rings. The van der Waals surface area contributed by atoms with Crippen LogP contribution in [0.15, 0.2) is 24.3 Å². The van der Waals surface area contributed by atoms with Crippen LogP contribution in [0.25, 0.3) is 0 Å². The Bertz CT molecular complexity index is 254. The van der Waals surface area contributed by atoms with Crippen LogP contribution in [-0.2, 0) is 11.2 Å². The van der Waals surface area contributed by atoms with Gasteiger partial charge in [0.05, 0.1) is 6.42 Å². The average Bonchev–Trinajstić information content (AvgIpc) is 2.06. The zero-order chi connectivity index (χ0) is 8.97. The van der Waals surface area contributed by atoms with Gasteiger partial charge < -0.3 is 4.90 Å². The van der Waals surface area contributed by atoms with E-state index in [1.165, 1.54) is 0 Å². The fourth-order valence-electron chi connectivity index (χ4n) is 0.873.